The number of aryl methyl sites for hydroxylation is 1. The molecule has 0 saturated carbocycles. The molecule has 0 aliphatic carbocycles. The van der Waals surface area contributed by atoms with Crippen molar-refractivity contribution >= 4 is 23.5 Å². The Morgan fingerprint density at radius 3 is 2.27 bits per heavy atom. The summed E-state index contributed by atoms with van der Waals surface area (Å²) in [6, 6.07) is 4.79. The Hall–Kier alpha value is -2.77. The highest BCUT2D eigenvalue weighted by molar-refractivity contribution is 5.84. The van der Waals surface area contributed by atoms with Gasteiger partial charge in [0.25, 0.3) is 0 Å². The van der Waals surface area contributed by atoms with Crippen molar-refractivity contribution in [3.8, 4) is 0 Å². The van der Waals surface area contributed by atoms with E-state index in [-0.39, 0.29) is 13.0 Å². The van der Waals surface area contributed by atoms with Crippen LogP contribution in [0.5, 0.6) is 0 Å². The van der Waals surface area contributed by atoms with Gasteiger partial charge >= 0.3 is 11.9 Å². The number of aliphatic hydroxyl groups is 3. The van der Waals surface area contributed by atoms with Crippen molar-refractivity contribution in [2.75, 3.05) is 37.6 Å². The molecule has 0 spiro atoms. The molecule has 37 heavy (non-hydrogen) atoms. The maximum atomic E-state index is 12.5. The molecule has 0 bridgehead atoms. The number of carboxylic acids is 2. The molecule has 2 aliphatic heterocycles. The van der Waals surface area contributed by atoms with Crippen LogP contribution < -0.4 is 10.2 Å². The van der Waals surface area contributed by atoms with Gasteiger partial charge in [0.05, 0.1) is 18.6 Å². The van der Waals surface area contributed by atoms with Crippen LogP contribution in [0.1, 0.15) is 30.4 Å². The second-order valence-electron chi connectivity index (χ2n) is 9.79. The minimum absolute atomic E-state index is 0.278. The second kappa shape index (κ2) is 12.7. The van der Waals surface area contributed by atoms with Crippen LogP contribution in [-0.4, -0.2) is 118 Å². The Balaban J connectivity index is 1.56. The van der Waals surface area contributed by atoms with E-state index in [9.17, 15) is 34.8 Å². The molecule has 2 heterocycles. The Kier molecular flexibility index (Phi) is 9.85. The van der Waals surface area contributed by atoms with Gasteiger partial charge in [0.1, 0.15) is 24.4 Å². The standard InChI is InChI=1S/C25H37N3O9/c1-14-4-3-5-17(15(14)2)28-10-8-27(9-11-28)13-19-23(33)24(34)22(32)18(37-19)12-20(29)26-16(25(35)36)6-7-21(30)31/h3-5,16,18-19,22-24,32-34H,6-13H2,1-2H3,(H,26,29)(H,30,31)(H,35,36)/t16-,18?,19?,22?,23?,24?/m0/s1. The largest absolute Gasteiger partial charge is 0.481 e. The summed E-state index contributed by atoms with van der Waals surface area (Å²) in [5.41, 5.74) is 3.63. The van der Waals surface area contributed by atoms with E-state index >= 15 is 0 Å². The number of aliphatic carboxylic acids is 2. The summed E-state index contributed by atoms with van der Waals surface area (Å²) in [5, 5.41) is 51.5. The maximum absolute atomic E-state index is 12.5. The third kappa shape index (κ3) is 7.39. The molecule has 2 saturated heterocycles. The number of carbonyl (C=O) groups is 3. The third-order valence-corrected chi connectivity index (χ3v) is 7.21. The number of nitrogens with zero attached hydrogens (tertiary/aromatic N) is 2. The lowest BCUT2D eigenvalue weighted by Gasteiger charge is -2.44. The first kappa shape index (κ1) is 28.8. The minimum atomic E-state index is -1.56. The fraction of sp³-hybridized carbons (Fsp3) is 0.640. The maximum Gasteiger partial charge on any atom is 0.326 e. The fourth-order valence-corrected chi connectivity index (χ4v) is 4.81. The number of hydrogen-bond acceptors (Lipinski definition) is 9. The predicted molar refractivity (Wildman–Crippen MR) is 132 cm³/mol. The molecule has 1 amide bonds. The number of aliphatic hydroxyl groups excluding tert-OH is 3. The summed E-state index contributed by atoms with van der Waals surface area (Å²) < 4.78 is 5.82. The quantitative estimate of drug-likeness (QED) is 0.224. The molecule has 12 nitrogen and oxygen atoms in total. The molecule has 6 N–H and O–H groups in total. The molecule has 1 aromatic carbocycles. The van der Waals surface area contributed by atoms with Gasteiger partial charge in [-0.3, -0.25) is 14.5 Å². The van der Waals surface area contributed by atoms with E-state index in [1.165, 1.54) is 16.8 Å². The van der Waals surface area contributed by atoms with Crippen LogP contribution in [0, 0.1) is 13.8 Å². The number of hydrogen-bond donors (Lipinski definition) is 6. The number of carboxylic acid groups (broad SMARTS) is 2. The molecule has 3 rings (SSSR count). The molecule has 1 aromatic rings. The van der Waals surface area contributed by atoms with Crippen LogP contribution in [0.4, 0.5) is 5.69 Å². The second-order valence-corrected chi connectivity index (χ2v) is 9.79. The highest BCUT2D eigenvalue weighted by Gasteiger charge is 2.45. The van der Waals surface area contributed by atoms with Crippen LogP contribution in [0.3, 0.4) is 0 Å². The van der Waals surface area contributed by atoms with Crippen LogP contribution >= 0.6 is 0 Å². The van der Waals surface area contributed by atoms with Crippen molar-refractivity contribution in [2.45, 2.75) is 69.7 Å². The molecule has 6 atom stereocenters. The van der Waals surface area contributed by atoms with Gasteiger partial charge in [-0.2, -0.15) is 0 Å². The van der Waals surface area contributed by atoms with Gasteiger partial charge < -0.3 is 40.5 Å². The van der Waals surface area contributed by atoms with Crippen molar-refractivity contribution in [1.82, 2.24) is 10.2 Å². The van der Waals surface area contributed by atoms with Crippen molar-refractivity contribution < 1.29 is 44.7 Å². The van der Waals surface area contributed by atoms with Crippen LogP contribution in [0.25, 0.3) is 0 Å². The number of piperazine rings is 1. The fourth-order valence-electron chi connectivity index (χ4n) is 4.81. The van der Waals surface area contributed by atoms with Gasteiger partial charge in [-0.15, -0.1) is 0 Å². The topological polar surface area (TPSA) is 180 Å². The van der Waals surface area contributed by atoms with Gasteiger partial charge in [-0.25, -0.2) is 4.79 Å². The molecule has 12 heteroatoms. The molecule has 0 radical (unpaired) electrons. The van der Waals surface area contributed by atoms with E-state index in [0.717, 1.165) is 13.1 Å². The smallest absolute Gasteiger partial charge is 0.326 e. The zero-order valence-corrected chi connectivity index (χ0v) is 21.1. The summed E-state index contributed by atoms with van der Waals surface area (Å²) >= 11 is 0. The monoisotopic (exact) mass is 523 g/mol. The Labute approximate surface area is 215 Å². The molecule has 0 aromatic heterocycles. The van der Waals surface area contributed by atoms with Crippen LogP contribution in [0.2, 0.25) is 0 Å². The summed E-state index contributed by atoms with van der Waals surface area (Å²) in [6.45, 7) is 7.34. The van der Waals surface area contributed by atoms with E-state index < -0.39 is 67.2 Å². The first-order chi connectivity index (χ1) is 17.5. The van der Waals surface area contributed by atoms with Crippen molar-refractivity contribution in [2.24, 2.45) is 0 Å². The Morgan fingerprint density at radius 1 is 1.00 bits per heavy atom. The average molecular weight is 524 g/mol. The van der Waals surface area contributed by atoms with Gasteiger partial charge in [-0.05, 0) is 37.5 Å². The van der Waals surface area contributed by atoms with E-state index in [1.54, 1.807) is 0 Å². The Morgan fingerprint density at radius 2 is 1.65 bits per heavy atom. The molecule has 2 fully saturated rings. The number of amides is 1. The molecular formula is C25H37N3O9. The SMILES string of the molecule is Cc1cccc(N2CCN(CC3OC(CC(=O)N[C@@H](CCC(=O)O)C(=O)O)C(O)C(O)C3O)CC2)c1C. The molecule has 5 unspecified atom stereocenters. The summed E-state index contributed by atoms with van der Waals surface area (Å²) in [6.07, 6.45) is -7.71. The molecule has 206 valence electrons. The van der Waals surface area contributed by atoms with Gasteiger partial charge in [0, 0.05) is 44.8 Å². The van der Waals surface area contributed by atoms with E-state index in [1.807, 2.05) is 6.07 Å². The van der Waals surface area contributed by atoms with Gasteiger partial charge in [0.2, 0.25) is 5.91 Å². The summed E-state index contributed by atoms with van der Waals surface area (Å²) in [7, 11) is 0. The number of nitrogens with one attached hydrogen (secondary N) is 1. The first-order valence-corrected chi connectivity index (χ1v) is 12.4. The highest BCUT2D eigenvalue weighted by atomic mass is 16.5. The third-order valence-electron chi connectivity index (χ3n) is 7.21. The van der Waals surface area contributed by atoms with Gasteiger partial charge in [0.15, 0.2) is 0 Å². The number of benzene rings is 1. The van der Waals surface area contributed by atoms with Crippen LogP contribution in [-0.2, 0) is 19.1 Å². The van der Waals surface area contributed by atoms with Crippen molar-refractivity contribution in [3.63, 3.8) is 0 Å². The minimum Gasteiger partial charge on any atom is -0.481 e. The Bertz CT molecular complexity index is 967. The lowest BCUT2D eigenvalue weighted by Crippen LogP contribution is -2.61. The lowest BCUT2D eigenvalue weighted by atomic mass is 9.92. The number of ether oxygens (including phenoxy) is 1. The number of anilines is 1. The van der Waals surface area contributed by atoms with E-state index in [4.69, 9.17) is 9.84 Å². The highest BCUT2D eigenvalue weighted by Crippen LogP contribution is 2.26. The first-order valence-electron chi connectivity index (χ1n) is 12.4. The zero-order chi connectivity index (χ0) is 27.3. The average Bonchev–Trinajstić information content (AvgIpc) is 2.85. The molecular weight excluding hydrogens is 486 g/mol. The zero-order valence-electron chi connectivity index (χ0n) is 21.1. The van der Waals surface area contributed by atoms with Crippen molar-refractivity contribution in [3.05, 3.63) is 29.3 Å². The van der Waals surface area contributed by atoms with Gasteiger partial charge in [-0.1, -0.05) is 12.1 Å². The number of rotatable bonds is 10. The van der Waals surface area contributed by atoms with E-state index in [0.29, 0.717) is 13.1 Å². The normalized spacial score (nSPS) is 27.5. The number of carbonyl (C=O) groups excluding carboxylic acids is 1. The molecule has 2 aliphatic rings. The van der Waals surface area contributed by atoms with Crippen molar-refractivity contribution in [1.29, 1.82) is 0 Å². The predicted octanol–water partition coefficient (Wildman–Crippen LogP) is -0.900. The van der Waals surface area contributed by atoms with Crippen LogP contribution in [0.15, 0.2) is 18.2 Å². The summed E-state index contributed by atoms with van der Waals surface area (Å²) in [4.78, 5) is 38.9. The lowest BCUT2D eigenvalue weighted by molar-refractivity contribution is -0.226. The van der Waals surface area contributed by atoms with E-state index in [2.05, 4.69) is 41.1 Å². The summed E-state index contributed by atoms with van der Waals surface area (Å²) in [5.74, 6) is -3.35.